The van der Waals surface area contributed by atoms with Crippen LogP contribution < -0.4 is 10.6 Å². The molecule has 0 bridgehead atoms. The molecule has 0 radical (unpaired) electrons. The quantitative estimate of drug-likeness (QED) is 0.831. The zero-order valence-corrected chi connectivity index (χ0v) is 12.8. The summed E-state index contributed by atoms with van der Waals surface area (Å²) in [5.41, 5.74) is 0.715. The van der Waals surface area contributed by atoms with Gasteiger partial charge in [0.25, 0.3) is 0 Å². The molecule has 0 spiro atoms. The van der Waals surface area contributed by atoms with E-state index in [0.717, 1.165) is 17.3 Å². The maximum Gasteiger partial charge on any atom is 0.319 e. The smallest absolute Gasteiger partial charge is 0.319 e. The average molecular weight is 341 g/mol. The van der Waals surface area contributed by atoms with Gasteiger partial charge in [0, 0.05) is 10.5 Å². The second-order valence-electron chi connectivity index (χ2n) is 4.81. The van der Waals surface area contributed by atoms with Crippen LogP contribution >= 0.6 is 15.9 Å². The average Bonchev–Trinajstić information content (AvgIpc) is 2.89. The maximum absolute atomic E-state index is 11.9. The number of ether oxygens (including phenoxy) is 1. The minimum atomic E-state index is -0.257. The highest BCUT2D eigenvalue weighted by Crippen LogP contribution is 2.27. The number of carbonyl (C=O) groups excluding carboxylic acids is 2. The molecule has 0 unspecified atom stereocenters. The van der Waals surface area contributed by atoms with Gasteiger partial charge in [-0.25, -0.2) is 4.79 Å². The Bertz CT molecular complexity index is 507. The Hall–Kier alpha value is -1.56. The van der Waals surface area contributed by atoms with Gasteiger partial charge in [-0.2, -0.15) is 0 Å². The Labute approximate surface area is 126 Å². The van der Waals surface area contributed by atoms with Crippen molar-refractivity contribution in [3.8, 4) is 0 Å². The van der Waals surface area contributed by atoms with E-state index in [1.807, 2.05) is 24.3 Å². The van der Waals surface area contributed by atoms with Crippen molar-refractivity contribution in [3.63, 3.8) is 0 Å². The summed E-state index contributed by atoms with van der Waals surface area (Å²) in [6.07, 6.45) is 2.19. The van der Waals surface area contributed by atoms with Gasteiger partial charge < -0.3 is 15.4 Å². The molecule has 6 heteroatoms. The fourth-order valence-corrected chi connectivity index (χ4v) is 2.78. The number of rotatable bonds is 3. The van der Waals surface area contributed by atoms with Gasteiger partial charge in [0.15, 0.2) is 0 Å². The van der Waals surface area contributed by atoms with Crippen molar-refractivity contribution in [2.75, 3.05) is 12.4 Å². The molecule has 1 aliphatic carbocycles. The number of nitrogens with one attached hydrogen (secondary N) is 2. The maximum atomic E-state index is 11.9. The van der Waals surface area contributed by atoms with Crippen molar-refractivity contribution in [1.29, 1.82) is 0 Å². The Kier molecular flexibility index (Phi) is 5.00. The first kappa shape index (κ1) is 14.8. The Morgan fingerprint density at radius 3 is 2.75 bits per heavy atom. The number of carbonyl (C=O) groups is 2. The van der Waals surface area contributed by atoms with Crippen molar-refractivity contribution in [1.82, 2.24) is 5.32 Å². The van der Waals surface area contributed by atoms with E-state index in [1.165, 1.54) is 7.11 Å². The summed E-state index contributed by atoms with van der Waals surface area (Å²) in [5, 5.41) is 5.67. The van der Waals surface area contributed by atoms with Crippen LogP contribution in [0.15, 0.2) is 28.7 Å². The Morgan fingerprint density at radius 2 is 2.05 bits per heavy atom. The topological polar surface area (TPSA) is 67.4 Å². The monoisotopic (exact) mass is 340 g/mol. The van der Waals surface area contributed by atoms with Crippen molar-refractivity contribution in [2.24, 2.45) is 5.92 Å². The zero-order valence-electron chi connectivity index (χ0n) is 11.2. The number of hydrogen-bond acceptors (Lipinski definition) is 3. The van der Waals surface area contributed by atoms with Crippen LogP contribution in [0, 0.1) is 5.92 Å². The lowest BCUT2D eigenvalue weighted by atomic mass is 10.1. The third-order valence-corrected chi connectivity index (χ3v) is 4.12. The number of esters is 1. The van der Waals surface area contributed by atoms with Crippen LogP contribution in [0.5, 0.6) is 0 Å². The van der Waals surface area contributed by atoms with Gasteiger partial charge in [0.05, 0.1) is 18.7 Å². The Balaban J connectivity index is 1.84. The van der Waals surface area contributed by atoms with Crippen molar-refractivity contribution >= 4 is 33.6 Å². The molecule has 1 aromatic rings. The third kappa shape index (κ3) is 3.72. The highest BCUT2D eigenvalue weighted by molar-refractivity contribution is 9.10. The number of urea groups is 1. The second kappa shape index (κ2) is 6.74. The first-order valence-electron chi connectivity index (χ1n) is 6.50. The summed E-state index contributed by atoms with van der Waals surface area (Å²) in [7, 11) is 1.39. The molecule has 2 amide bonds. The van der Waals surface area contributed by atoms with Crippen LogP contribution in [-0.4, -0.2) is 25.2 Å². The minimum Gasteiger partial charge on any atom is -0.469 e. The molecule has 2 rings (SSSR count). The number of anilines is 1. The Morgan fingerprint density at radius 1 is 1.30 bits per heavy atom. The van der Waals surface area contributed by atoms with Gasteiger partial charge in [-0.1, -0.05) is 12.1 Å². The molecule has 108 valence electrons. The van der Waals surface area contributed by atoms with E-state index >= 15 is 0 Å². The number of halogens is 1. The van der Waals surface area contributed by atoms with Gasteiger partial charge in [-0.05, 0) is 47.3 Å². The SMILES string of the molecule is COC(=O)[C@H]1CC[C@@H](NC(=O)Nc2ccccc2Br)C1. The molecule has 2 atom stereocenters. The predicted molar refractivity (Wildman–Crippen MR) is 79.4 cm³/mol. The normalized spacial score (nSPS) is 21.3. The molecule has 2 N–H and O–H groups in total. The largest absolute Gasteiger partial charge is 0.469 e. The lowest BCUT2D eigenvalue weighted by Gasteiger charge is -2.14. The van der Waals surface area contributed by atoms with Crippen LogP contribution in [0.3, 0.4) is 0 Å². The summed E-state index contributed by atoms with van der Waals surface area (Å²) in [5.74, 6) is -0.297. The minimum absolute atomic E-state index is 0.0154. The van der Waals surface area contributed by atoms with Gasteiger partial charge in [-0.15, -0.1) is 0 Å². The number of para-hydroxylation sites is 1. The second-order valence-corrected chi connectivity index (χ2v) is 5.66. The summed E-state index contributed by atoms with van der Waals surface area (Å²) < 4.78 is 5.55. The first-order valence-corrected chi connectivity index (χ1v) is 7.29. The fraction of sp³-hybridized carbons (Fsp3) is 0.429. The molecule has 0 saturated heterocycles. The van der Waals surface area contributed by atoms with Crippen molar-refractivity contribution < 1.29 is 14.3 Å². The predicted octanol–water partition coefficient (Wildman–Crippen LogP) is 2.91. The van der Waals surface area contributed by atoms with Crippen molar-refractivity contribution in [3.05, 3.63) is 28.7 Å². The van der Waals surface area contributed by atoms with Crippen LogP contribution in [-0.2, 0) is 9.53 Å². The van der Waals surface area contributed by atoms with Crippen LogP contribution in [0.25, 0.3) is 0 Å². The van der Waals surface area contributed by atoms with E-state index in [-0.39, 0.29) is 24.0 Å². The number of methoxy groups -OCH3 is 1. The summed E-state index contributed by atoms with van der Waals surface area (Å²) >= 11 is 3.37. The molecular weight excluding hydrogens is 324 g/mol. The van der Waals surface area contributed by atoms with Crippen LogP contribution in [0.1, 0.15) is 19.3 Å². The molecule has 1 aromatic carbocycles. The molecular formula is C14H17BrN2O3. The number of hydrogen-bond donors (Lipinski definition) is 2. The first-order chi connectivity index (χ1) is 9.60. The number of benzene rings is 1. The summed E-state index contributed by atoms with van der Waals surface area (Å²) in [6.45, 7) is 0. The molecule has 0 aliphatic heterocycles. The summed E-state index contributed by atoms with van der Waals surface area (Å²) in [4.78, 5) is 23.3. The van der Waals surface area contributed by atoms with Gasteiger partial charge in [0.1, 0.15) is 0 Å². The lowest BCUT2D eigenvalue weighted by Crippen LogP contribution is -2.36. The third-order valence-electron chi connectivity index (χ3n) is 3.42. The van der Waals surface area contributed by atoms with E-state index in [4.69, 9.17) is 4.74 Å². The van der Waals surface area contributed by atoms with Crippen molar-refractivity contribution in [2.45, 2.75) is 25.3 Å². The van der Waals surface area contributed by atoms with E-state index in [1.54, 1.807) is 0 Å². The zero-order chi connectivity index (χ0) is 14.5. The van der Waals surface area contributed by atoms with E-state index in [0.29, 0.717) is 12.1 Å². The highest BCUT2D eigenvalue weighted by atomic mass is 79.9. The van der Waals surface area contributed by atoms with E-state index in [9.17, 15) is 9.59 Å². The molecule has 0 aromatic heterocycles. The van der Waals surface area contributed by atoms with Crippen LogP contribution in [0.4, 0.5) is 10.5 Å². The molecule has 1 saturated carbocycles. The van der Waals surface area contributed by atoms with Gasteiger partial charge in [-0.3, -0.25) is 4.79 Å². The molecule has 0 heterocycles. The van der Waals surface area contributed by atoms with Crippen LogP contribution in [0.2, 0.25) is 0 Å². The number of amides is 2. The standard InChI is InChI=1S/C14H17BrN2O3/c1-20-13(18)9-6-7-10(8-9)16-14(19)17-12-5-3-2-4-11(12)15/h2-5,9-10H,6-8H2,1H3,(H2,16,17,19)/t9-,10+/m0/s1. The highest BCUT2D eigenvalue weighted by Gasteiger charge is 2.31. The van der Waals surface area contributed by atoms with Gasteiger partial charge >= 0.3 is 12.0 Å². The molecule has 20 heavy (non-hydrogen) atoms. The lowest BCUT2D eigenvalue weighted by molar-refractivity contribution is -0.145. The summed E-state index contributed by atoms with van der Waals surface area (Å²) in [6, 6.07) is 7.16. The van der Waals surface area contributed by atoms with Gasteiger partial charge in [0.2, 0.25) is 0 Å². The molecule has 1 aliphatic rings. The molecule has 5 nitrogen and oxygen atoms in total. The molecule has 1 fully saturated rings. The van der Waals surface area contributed by atoms with E-state index < -0.39 is 0 Å². The fourth-order valence-electron chi connectivity index (χ4n) is 2.40. The van der Waals surface area contributed by atoms with E-state index in [2.05, 4.69) is 26.6 Å².